The van der Waals surface area contributed by atoms with Crippen LogP contribution in [0.1, 0.15) is 17.3 Å². The second-order valence-electron chi connectivity index (χ2n) is 4.57. The first-order valence-corrected chi connectivity index (χ1v) is 6.95. The third kappa shape index (κ3) is 3.33. The summed E-state index contributed by atoms with van der Waals surface area (Å²) in [5.41, 5.74) is 1.10. The van der Waals surface area contributed by atoms with Crippen molar-refractivity contribution in [2.45, 2.75) is 13.5 Å². The number of fused-ring (bicyclic) bond motifs is 1. The van der Waals surface area contributed by atoms with Crippen molar-refractivity contribution in [3.8, 4) is 0 Å². The summed E-state index contributed by atoms with van der Waals surface area (Å²) in [7, 11) is 0. The largest absolute Gasteiger partial charge is 0.462 e. The number of nitrogens with two attached hydrogens (primary N) is 1. The maximum Gasteiger partial charge on any atom is 0.343 e. The lowest BCUT2D eigenvalue weighted by atomic mass is 10.1. The topological polar surface area (TPSA) is 103 Å². The molecule has 0 saturated carbocycles. The molecule has 0 spiro atoms. The summed E-state index contributed by atoms with van der Waals surface area (Å²) in [6.45, 7) is 1.36. The number of carbonyl (C=O) groups is 2. The monoisotopic (exact) mass is 341 g/mol. The molecule has 7 nitrogen and oxygen atoms in total. The summed E-state index contributed by atoms with van der Waals surface area (Å²) in [6.07, 6.45) is 1.16. The Bertz CT molecular complexity index is 850. The highest BCUT2D eigenvalue weighted by atomic mass is 35.5. The Morgan fingerprint density at radius 1 is 1.43 bits per heavy atom. The Morgan fingerprint density at radius 3 is 2.74 bits per heavy atom. The lowest BCUT2D eigenvalue weighted by Crippen LogP contribution is -2.34. The van der Waals surface area contributed by atoms with Gasteiger partial charge in [-0.3, -0.25) is 15.0 Å². The van der Waals surface area contributed by atoms with Gasteiger partial charge in [-0.1, -0.05) is 11.6 Å². The van der Waals surface area contributed by atoms with Crippen LogP contribution in [0.3, 0.4) is 0 Å². The standard InChI is InChI=1S/C14H13ClFN3O4/c1-2-23-14(22)8-5-19(6-12(20)18-17)11-4-9(15)10(16)3-7(11)13(8)21/h3-5H,2,6,17H2,1H3,(H,18,20). The molecule has 0 aliphatic rings. The van der Waals surface area contributed by atoms with Crippen LogP contribution in [0.4, 0.5) is 4.39 Å². The normalized spacial score (nSPS) is 10.6. The number of halogens is 2. The van der Waals surface area contributed by atoms with Gasteiger partial charge in [0.2, 0.25) is 5.43 Å². The zero-order valence-electron chi connectivity index (χ0n) is 12.1. The van der Waals surface area contributed by atoms with Crippen molar-refractivity contribution in [1.82, 2.24) is 9.99 Å². The number of esters is 1. The number of pyridine rings is 1. The maximum atomic E-state index is 13.7. The summed E-state index contributed by atoms with van der Waals surface area (Å²) in [5, 5.41) is -0.315. The summed E-state index contributed by atoms with van der Waals surface area (Å²) in [6, 6.07) is 2.12. The molecule has 0 bridgehead atoms. The van der Waals surface area contributed by atoms with Gasteiger partial charge in [-0.15, -0.1) is 0 Å². The highest BCUT2D eigenvalue weighted by Gasteiger charge is 2.19. The number of hydrazine groups is 1. The van der Waals surface area contributed by atoms with Gasteiger partial charge in [0, 0.05) is 11.6 Å². The van der Waals surface area contributed by atoms with E-state index in [1.807, 2.05) is 5.43 Å². The molecule has 0 unspecified atom stereocenters. The number of rotatable bonds is 4. The second-order valence-corrected chi connectivity index (χ2v) is 4.98. The minimum atomic E-state index is -0.864. The number of carbonyl (C=O) groups excluding carboxylic acids is 2. The molecular formula is C14H13ClFN3O4. The van der Waals surface area contributed by atoms with E-state index < -0.39 is 23.1 Å². The quantitative estimate of drug-likeness (QED) is 0.373. The van der Waals surface area contributed by atoms with Crippen LogP contribution in [-0.2, 0) is 16.1 Å². The fraction of sp³-hybridized carbons (Fsp3) is 0.214. The van der Waals surface area contributed by atoms with E-state index in [1.54, 1.807) is 6.92 Å². The first-order chi connectivity index (χ1) is 10.9. The van der Waals surface area contributed by atoms with Crippen molar-refractivity contribution in [2.75, 3.05) is 6.61 Å². The van der Waals surface area contributed by atoms with Crippen LogP contribution in [0.5, 0.6) is 0 Å². The van der Waals surface area contributed by atoms with Crippen LogP contribution in [0, 0.1) is 5.82 Å². The third-order valence-electron chi connectivity index (χ3n) is 3.09. The average molecular weight is 342 g/mol. The van der Waals surface area contributed by atoms with E-state index >= 15 is 0 Å². The Morgan fingerprint density at radius 2 is 2.13 bits per heavy atom. The summed E-state index contributed by atoms with van der Waals surface area (Å²) in [5.74, 6) is 2.79. The first kappa shape index (κ1) is 16.9. The van der Waals surface area contributed by atoms with E-state index in [4.69, 9.17) is 22.2 Å². The highest BCUT2D eigenvalue weighted by Crippen LogP contribution is 2.22. The predicted octanol–water partition coefficient (Wildman–Crippen LogP) is 0.961. The van der Waals surface area contributed by atoms with Gasteiger partial charge >= 0.3 is 5.97 Å². The number of benzene rings is 1. The molecule has 2 rings (SSSR count). The number of hydrogen-bond acceptors (Lipinski definition) is 5. The van der Waals surface area contributed by atoms with E-state index in [9.17, 15) is 18.8 Å². The van der Waals surface area contributed by atoms with Gasteiger partial charge in [0.15, 0.2) is 0 Å². The van der Waals surface area contributed by atoms with Gasteiger partial charge < -0.3 is 9.30 Å². The molecule has 0 radical (unpaired) electrons. The summed E-state index contributed by atoms with van der Waals surface area (Å²) < 4.78 is 19.7. The van der Waals surface area contributed by atoms with Crippen molar-refractivity contribution in [1.29, 1.82) is 0 Å². The lowest BCUT2D eigenvalue weighted by Gasteiger charge is -2.13. The molecule has 0 aliphatic heterocycles. The van der Waals surface area contributed by atoms with Crippen molar-refractivity contribution in [2.24, 2.45) is 5.84 Å². The van der Waals surface area contributed by atoms with Gasteiger partial charge in [-0.05, 0) is 19.1 Å². The first-order valence-electron chi connectivity index (χ1n) is 6.57. The van der Waals surface area contributed by atoms with Crippen molar-refractivity contribution < 1.29 is 18.7 Å². The van der Waals surface area contributed by atoms with Gasteiger partial charge in [-0.2, -0.15) is 0 Å². The molecular weight excluding hydrogens is 329 g/mol. The molecule has 3 N–H and O–H groups in total. The molecule has 2 aromatic rings. The predicted molar refractivity (Wildman–Crippen MR) is 81.5 cm³/mol. The van der Waals surface area contributed by atoms with Crippen LogP contribution in [0.15, 0.2) is 23.1 Å². The molecule has 23 heavy (non-hydrogen) atoms. The minimum absolute atomic E-state index is 0.0641. The fourth-order valence-electron chi connectivity index (χ4n) is 2.07. The van der Waals surface area contributed by atoms with Gasteiger partial charge in [0.25, 0.3) is 5.91 Å². The zero-order valence-corrected chi connectivity index (χ0v) is 12.8. The average Bonchev–Trinajstić information content (AvgIpc) is 2.52. The Hall–Kier alpha value is -2.45. The Kier molecular flexibility index (Phi) is 4.97. The number of ether oxygens (including phenoxy) is 1. The second kappa shape index (κ2) is 6.76. The van der Waals surface area contributed by atoms with Crippen molar-refractivity contribution in [3.63, 3.8) is 0 Å². The van der Waals surface area contributed by atoms with Crippen LogP contribution < -0.4 is 16.7 Å². The van der Waals surface area contributed by atoms with E-state index in [0.29, 0.717) is 0 Å². The van der Waals surface area contributed by atoms with Crippen LogP contribution in [-0.4, -0.2) is 23.1 Å². The molecule has 1 aromatic carbocycles. The summed E-state index contributed by atoms with van der Waals surface area (Å²) >= 11 is 5.73. The maximum absolute atomic E-state index is 13.7. The molecule has 0 aliphatic carbocycles. The Balaban J connectivity index is 2.77. The molecule has 0 atom stereocenters. The fourth-order valence-corrected chi connectivity index (χ4v) is 2.23. The van der Waals surface area contributed by atoms with Crippen LogP contribution in [0.25, 0.3) is 10.9 Å². The number of nitrogens with zero attached hydrogens (tertiary/aromatic N) is 1. The van der Waals surface area contributed by atoms with Crippen LogP contribution >= 0.6 is 11.6 Å². The number of aromatic nitrogens is 1. The van der Waals surface area contributed by atoms with E-state index in [-0.39, 0.29) is 34.6 Å². The zero-order chi connectivity index (χ0) is 17.1. The lowest BCUT2D eigenvalue weighted by molar-refractivity contribution is -0.121. The smallest absolute Gasteiger partial charge is 0.343 e. The SMILES string of the molecule is CCOC(=O)c1cn(CC(=O)NN)c2cc(Cl)c(F)cc2c1=O. The van der Waals surface area contributed by atoms with E-state index in [2.05, 4.69) is 0 Å². The van der Waals surface area contributed by atoms with E-state index in [0.717, 1.165) is 12.3 Å². The third-order valence-corrected chi connectivity index (χ3v) is 3.38. The van der Waals surface area contributed by atoms with Crippen molar-refractivity contribution >= 4 is 34.4 Å². The highest BCUT2D eigenvalue weighted by molar-refractivity contribution is 6.31. The van der Waals surface area contributed by atoms with Crippen LogP contribution in [0.2, 0.25) is 5.02 Å². The molecule has 1 heterocycles. The molecule has 9 heteroatoms. The molecule has 0 fully saturated rings. The molecule has 122 valence electrons. The summed E-state index contributed by atoms with van der Waals surface area (Å²) in [4.78, 5) is 35.8. The number of amides is 1. The number of nitrogens with one attached hydrogen (secondary N) is 1. The molecule has 1 amide bonds. The number of hydrogen-bond donors (Lipinski definition) is 2. The van der Waals surface area contributed by atoms with Gasteiger partial charge in [-0.25, -0.2) is 15.0 Å². The van der Waals surface area contributed by atoms with Gasteiger partial charge in [0.05, 0.1) is 17.1 Å². The molecule has 1 aromatic heterocycles. The Labute approximate surface area is 134 Å². The minimum Gasteiger partial charge on any atom is -0.462 e. The van der Waals surface area contributed by atoms with Gasteiger partial charge in [0.1, 0.15) is 17.9 Å². The van der Waals surface area contributed by atoms with E-state index in [1.165, 1.54) is 10.6 Å². The molecule has 0 saturated heterocycles. The van der Waals surface area contributed by atoms with Crippen molar-refractivity contribution in [3.05, 3.63) is 45.0 Å².